The van der Waals surface area contributed by atoms with Crippen molar-refractivity contribution in [2.45, 2.75) is 39.8 Å². The molecule has 0 saturated carbocycles. The number of amides is 1. The van der Waals surface area contributed by atoms with Crippen LogP contribution in [-0.4, -0.2) is 19.1 Å². The first-order valence-electron chi connectivity index (χ1n) is 6.45. The molecule has 1 aromatic carbocycles. The molecule has 3 N–H and O–H groups in total. The third-order valence-electron chi connectivity index (χ3n) is 3.19. The number of carbonyl (C=O) groups excluding carboxylic acids is 1. The van der Waals surface area contributed by atoms with Crippen molar-refractivity contribution in [1.29, 1.82) is 0 Å². The molecule has 0 bridgehead atoms. The van der Waals surface area contributed by atoms with Crippen molar-refractivity contribution in [3.8, 4) is 5.75 Å². The molecule has 4 nitrogen and oxygen atoms in total. The Balaban J connectivity index is 2.68. The Morgan fingerprint density at radius 1 is 1.26 bits per heavy atom. The second-order valence-electron chi connectivity index (χ2n) is 5.85. The average Bonchev–Trinajstić information content (AvgIpc) is 2.36. The van der Waals surface area contributed by atoms with Crippen LogP contribution < -0.4 is 15.8 Å². The van der Waals surface area contributed by atoms with E-state index in [9.17, 15) is 4.79 Å². The molecule has 106 valence electrons. The highest BCUT2D eigenvalue weighted by molar-refractivity contribution is 5.82. The van der Waals surface area contributed by atoms with Crippen LogP contribution in [0.2, 0.25) is 0 Å². The van der Waals surface area contributed by atoms with Gasteiger partial charge in [0.15, 0.2) is 0 Å². The van der Waals surface area contributed by atoms with E-state index in [1.807, 2.05) is 52.0 Å². The second-order valence-corrected chi connectivity index (χ2v) is 5.85. The standard InChI is InChI=1S/C15H24N2O2/c1-10(11-6-8-12(19-5)9-7-11)17-14(18)13(16)15(2,3)4/h6-10,13H,16H2,1-5H3,(H,17,18)/t10-,13-/m0/s1. The van der Waals surface area contributed by atoms with Gasteiger partial charge in [-0.1, -0.05) is 32.9 Å². The maximum absolute atomic E-state index is 12.0. The number of hydrogen-bond donors (Lipinski definition) is 2. The van der Waals surface area contributed by atoms with Gasteiger partial charge in [-0.25, -0.2) is 0 Å². The van der Waals surface area contributed by atoms with Crippen LogP contribution >= 0.6 is 0 Å². The molecule has 0 radical (unpaired) electrons. The molecule has 0 aliphatic carbocycles. The van der Waals surface area contributed by atoms with Gasteiger partial charge in [0.05, 0.1) is 19.2 Å². The normalized spacial score (nSPS) is 14.6. The molecule has 0 aromatic heterocycles. The highest BCUT2D eigenvalue weighted by Crippen LogP contribution is 2.20. The van der Waals surface area contributed by atoms with Crippen molar-refractivity contribution in [3.63, 3.8) is 0 Å². The van der Waals surface area contributed by atoms with E-state index in [0.717, 1.165) is 11.3 Å². The summed E-state index contributed by atoms with van der Waals surface area (Å²) in [5.74, 6) is 0.671. The van der Waals surface area contributed by atoms with Gasteiger partial charge in [0, 0.05) is 0 Å². The molecule has 4 heteroatoms. The van der Waals surface area contributed by atoms with E-state index < -0.39 is 6.04 Å². The second kappa shape index (κ2) is 6.06. The van der Waals surface area contributed by atoms with Gasteiger partial charge in [-0.2, -0.15) is 0 Å². The zero-order chi connectivity index (χ0) is 14.6. The van der Waals surface area contributed by atoms with Crippen LogP contribution in [0.25, 0.3) is 0 Å². The van der Waals surface area contributed by atoms with E-state index in [2.05, 4.69) is 5.32 Å². The highest BCUT2D eigenvalue weighted by Gasteiger charge is 2.28. The van der Waals surface area contributed by atoms with Crippen LogP contribution in [0.4, 0.5) is 0 Å². The predicted molar refractivity (Wildman–Crippen MR) is 77.0 cm³/mol. The molecule has 1 aromatic rings. The molecule has 0 heterocycles. The van der Waals surface area contributed by atoms with Crippen LogP contribution in [0.5, 0.6) is 5.75 Å². The van der Waals surface area contributed by atoms with Gasteiger partial charge in [0.1, 0.15) is 5.75 Å². The maximum atomic E-state index is 12.0. The van der Waals surface area contributed by atoms with Crippen molar-refractivity contribution in [2.24, 2.45) is 11.1 Å². The van der Waals surface area contributed by atoms with Gasteiger partial charge in [0.2, 0.25) is 5.91 Å². The number of ether oxygens (including phenoxy) is 1. The number of rotatable bonds is 4. The van der Waals surface area contributed by atoms with E-state index in [4.69, 9.17) is 10.5 Å². The minimum atomic E-state index is -0.520. The van der Waals surface area contributed by atoms with E-state index in [-0.39, 0.29) is 17.4 Å². The van der Waals surface area contributed by atoms with Crippen LogP contribution in [0.3, 0.4) is 0 Å². The first-order chi connectivity index (χ1) is 8.75. The summed E-state index contributed by atoms with van der Waals surface area (Å²) in [4.78, 5) is 12.0. The lowest BCUT2D eigenvalue weighted by Crippen LogP contribution is -2.49. The van der Waals surface area contributed by atoms with E-state index in [0.29, 0.717) is 0 Å². The Hall–Kier alpha value is -1.55. The van der Waals surface area contributed by atoms with Crippen molar-refractivity contribution >= 4 is 5.91 Å². The predicted octanol–water partition coefficient (Wildman–Crippen LogP) is 2.25. The summed E-state index contributed by atoms with van der Waals surface area (Å²) >= 11 is 0. The largest absolute Gasteiger partial charge is 0.497 e. The summed E-state index contributed by atoms with van der Waals surface area (Å²) < 4.78 is 5.11. The Morgan fingerprint density at radius 3 is 2.21 bits per heavy atom. The minimum absolute atomic E-state index is 0.0770. The van der Waals surface area contributed by atoms with Crippen molar-refractivity contribution in [2.75, 3.05) is 7.11 Å². The molecule has 0 saturated heterocycles. The molecule has 19 heavy (non-hydrogen) atoms. The zero-order valence-corrected chi connectivity index (χ0v) is 12.4. The fourth-order valence-corrected chi connectivity index (χ4v) is 1.67. The fourth-order valence-electron chi connectivity index (χ4n) is 1.67. The molecule has 2 atom stereocenters. The lowest BCUT2D eigenvalue weighted by molar-refractivity contribution is -0.125. The molecular formula is C15H24N2O2. The minimum Gasteiger partial charge on any atom is -0.497 e. The molecule has 0 aliphatic rings. The summed E-state index contributed by atoms with van der Waals surface area (Å²) in [5.41, 5.74) is 6.71. The number of benzene rings is 1. The van der Waals surface area contributed by atoms with Gasteiger partial charge in [0.25, 0.3) is 0 Å². The Bertz CT molecular complexity index is 421. The smallest absolute Gasteiger partial charge is 0.237 e. The van der Waals surface area contributed by atoms with E-state index >= 15 is 0 Å². The topological polar surface area (TPSA) is 64.3 Å². The lowest BCUT2D eigenvalue weighted by atomic mass is 9.86. The summed E-state index contributed by atoms with van der Waals surface area (Å²) in [7, 11) is 1.63. The Labute approximate surface area is 115 Å². The third-order valence-corrected chi connectivity index (χ3v) is 3.19. The number of methoxy groups -OCH3 is 1. The first kappa shape index (κ1) is 15.5. The Kier molecular flexibility index (Phi) is 4.95. The van der Waals surface area contributed by atoms with Crippen molar-refractivity contribution < 1.29 is 9.53 Å². The van der Waals surface area contributed by atoms with Gasteiger partial charge >= 0.3 is 0 Å². The first-order valence-corrected chi connectivity index (χ1v) is 6.45. The molecule has 0 spiro atoms. The van der Waals surface area contributed by atoms with Crippen molar-refractivity contribution in [3.05, 3.63) is 29.8 Å². The van der Waals surface area contributed by atoms with E-state index in [1.165, 1.54) is 0 Å². The molecule has 0 aliphatic heterocycles. The number of nitrogens with two attached hydrogens (primary N) is 1. The van der Waals surface area contributed by atoms with E-state index in [1.54, 1.807) is 7.11 Å². The zero-order valence-electron chi connectivity index (χ0n) is 12.4. The maximum Gasteiger partial charge on any atom is 0.237 e. The number of carbonyl (C=O) groups is 1. The lowest BCUT2D eigenvalue weighted by Gasteiger charge is -2.27. The van der Waals surface area contributed by atoms with Gasteiger partial charge in [-0.3, -0.25) is 4.79 Å². The average molecular weight is 264 g/mol. The SMILES string of the molecule is COc1ccc([C@H](C)NC(=O)[C@H](N)C(C)(C)C)cc1. The number of hydrogen-bond acceptors (Lipinski definition) is 3. The van der Waals surface area contributed by atoms with Crippen molar-refractivity contribution in [1.82, 2.24) is 5.32 Å². The van der Waals surface area contributed by atoms with Gasteiger partial charge in [-0.05, 0) is 30.0 Å². The summed E-state index contributed by atoms with van der Waals surface area (Å²) in [6.45, 7) is 7.80. The van der Waals surface area contributed by atoms with Crippen LogP contribution in [0.15, 0.2) is 24.3 Å². The third kappa shape index (κ3) is 4.24. The molecule has 0 unspecified atom stereocenters. The number of nitrogens with one attached hydrogen (secondary N) is 1. The van der Waals surface area contributed by atoms with Gasteiger partial charge < -0.3 is 15.8 Å². The quantitative estimate of drug-likeness (QED) is 0.876. The van der Waals surface area contributed by atoms with Crippen LogP contribution in [0, 0.1) is 5.41 Å². The van der Waals surface area contributed by atoms with Gasteiger partial charge in [-0.15, -0.1) is 0 Å². The van der Waals surface area contributed by atoms with Crippen LogP contribution in [0.1, 0.15) is 39.3 Å². The summed E-state index contributed by atoms with van der Waals surface area (Å²) in [6.07, 6.45) is 0. The van der Waals surface area contributed by atoms with Crippen LogP contribution in [-0.2, 0) is 4.79 Å². The molecular weight excluding hydrogens is 240 g/mol. The summed E-state index contributed by atoms with van der Waals surface area (Å²) in [5, 5.41) is 2.94. The molecule has 0 fully saturated rings. The fraction of sp³-hybridized carbons (Fsp3) is 0.533. The molecule has 1 amide bonds. The Morgan fingerprint density at radius 2 is 1.79 bits per heavy atom. The monoisotopic (exact) mass is 264 g/mol. The highest BCUT2D eigenvalue weighted by atomic mass is 16.5. The molecule has 1 rings (SSSR count). The summed E-state index contributed by atoms with van der Waals surface area (Å²) in [6, 6.07) is 7.03.